The van der Waals surface area contributed by atoms with Crippen LogP contribution in [0.25, 0.3) is 0 Å². The number of rotatable bonds is 8. The average Bonchev–Trinajstić information content (AvgIpc) is 3.24. The summed E-state index contributed by atoms with van der Waals surface area (Å²) in [6, 6.07) is 16.4. The van der Waals surface area contributed by atoms with E-state index in [2.05, 4.69) is 72.1 Å². The molecule has 1 saturated heterocycles. The number of tetrazole rings is 1. The standard InChI is InChI=1S/C23H26BrClN6/c1-2-3-6-12-31-23(26-27-28-31)22(20-10-4-5-11-21(20)24)30-15-13-29(14-16-30)19-9-7-8-18(25)17-19/h2,4-5,7-11,17,22H,1,3,6,12-16H2. The molecule has 2 heterocycles. The van der Waals surface area contributed by atoms with Gasteiger partial charge in [0.15, 0.2) is 5.82 Å². The lowest BCUT2D eigenvalue weighted by Gasteiger charge is -2.40. The van der Waals surface area contributed by atoms with Gasteiger partial charge in [0.2, 0.25) is 0 Å². The molecule has 1 aromatic heterocycles. The zero-order valence-electron chi connectivity index (χ0n) is 17.4. The van der Waals surface area contributed by atoms with Crippen LogP contribution >= 0.6 is 27.5 Å². The number of aromatic nitrogens is 4. The third-order valence-corrected chi connectivity index (χ3v) is 6.59. The fraction of sp³-hybridized carbons (Fsp3) is 0.348. The second kappa shape index (κ2) is 10.4. The first-order valence-electron chi connectivity index (χ1n) is 10.5. The van der Waals surface area contributed by atoms with Crippen molar-refractivity contribution < 1.29 is 0 Å². The number of unbranched alkanes of at least 4 members (excludes halogenated alkanes) is 1. The van der Waals surface area contributed by atoms with Crippen LogP contribution in [0.1, 0.15) is 30.3 Å². The summed E-state index contributed by atoms with van der Waals surface area (Å²) in [4.78, 5) is 4.85. The summed E-state index contributed by atoms with van der Waals surface area (Å²) in [5.41, 5.74) is 2.34. The van der Waals surface area contributed by atoms with E-state index in [-0.39, 0.29) is 6.04 Å². The van der Waals surface area contributed by atoms with Gasteiger partial charge in [0.05, 0.1) is 6.04 Å². The zero-order chi connectivity index (χ0) is 21.6. The molecule has 0 saturated carbocycles. The number of benzene rings is 2. The highest BCUT2D eigenvalue weighted by molar-refractivity contribution is 9.10. The minimum Gasteiger partial charge on any atom is -0.369 e. The van der Waals surface area contributed by atoms with Crippen LogP contribution in [0.5, 0.6) is 0 Å². The third-order valence-electron chi connectivity index (χ3n) is 5.63. The topological polar surface area (TPSA) is 50.1 Å². The molecule has 1 fully saturated rings. The van der Waals surface area contributed by atoms with Gasteiger partial charge in [-0.15, -0.1) is 11.7 Å². The first-order valence-corrected chi connectivity index (χ1v) is 11.7. The Hall–Kier alpha value is -2.22. The van der Waals surface area contributed by atoms with Crippen LogP contribution in [-0.2, 0) is 6.54 Å². The number of piperazine rings is 1. The van der Waals surface area contributed by atoms with Gasteiger partial charge >= 0.3 is 0 Å². The van der Waals surface area contributed by atoms with Gasteiger partial charge in [0, 0.05) is 47.9 Å². The molecule has 2 aromatic carbocycles. The van der Waals surface area contributed by atoms with E-state index in [9.17, 15) is 0 Å². The van der Waals surface area contributed by atoms with Gasteiger partial charge < -0.3 is 4.90 Å². The van der Waals surface area contributed by atoms with Gasteiger partial charge in [-0.25, -0.2) is 4.68 Å². The Labute approximate surface area is 196 Å². The Kier molecular flexibility index (Phi) is 7.37. The summed E-state index contributed by atoms with van der Waals surface area (Å²) in [5, 5.41) is 13.5. The van der Waals surface area contributed by atoms with Crippen molar-refractivity contribution in [1.82, 2.24) is 25.1 Å². The van der Waals surface area contributed by atoms with Crippen LogP contribution in [0.15, 0.2) is 65.7 Å². The van der Waals surface area contributed by atoms with E-state index >= 15 is 0 Å². The quantitative estimate of drug-likeness (QED) is 0.322. The maximum atomic E-state index is 6.20. The predicted molar refractivity (Wildman–Crippen MR) is 128 cm³/mol. The molecular weight excluding hydrogens is 476 g/mol. The third kappa shape index (κ3) is 5.17. The molecule has 162 valence electrons. The summed E-state index contributed by atoms with van der Waals surface area (Å²) in [7, 11) is 0. The normalized spacial score (nSPS) is 15.7. The van der Waals surface area contributed by atoms with Gasteiger partial charge in [0.25, 0.3) is 0 Å². The largest absolute Gasteiger partial charge is 0.369 e. The van der Waals surface area contributed by atoms with Crippen molar-refractivity contribution in [1.29, 1.82) is 0 Å². The maximum Gasteiger partial charge on any atom is 0.173 e. The smallest absolute Gasteiger partial charge is 0.173 e. The Morgan fingerprint density at radius 2 is 1.90 bits per heavy atom. The van der Waals surface area contributed by atoms with Crippen molar-refractivity contribution >= 4 is 33.2 Å². The number of halogens is 2. The molecular formula is C23H26BrClN6. The Morgan fingerprint density at radius 1 is 1.10 bits per heavy atom. The number of allylic oxidation sites excluding steroid dienone is 1. The molecule has 0 amide bonds. The van der Waals surface area contributed by atoms with Crippen molar-refractivity contribution in [2.45, 2.75) is 25.4 Å². The lowest BCUT2D eigenvalue weighted by Crippen LogP contribution is -2.48. The number of nitrogens with zero attached hydrogens (tertiary/aromatic N) is 6. The fourth-order valence-electron chi connectivity index (χ4n) is 4.06. The molecule has 0 spiro atoms. The van der Waals surface area contributed by atoms with Crippen LogP contribution in [0, 0.1) is 0 Å². The van der Waals surface area contributed by atoms with Crippen LogP contribution in [0.2, 0.25) is 5.02 Å². The van der Waals surface area contributed by atoms with Gasteiger partial charge in [-0.1, -0.05) is 57.9 Å². The first kappa shape index (κ1) is 22.0. The maximum absolute atomic E-state index is 6.20. The SMILES string of the molecule is C=CCCCn1nnnc1C(c1ccccc1Br)N1CCN(c2cccc(Cl)c2)CC1. The number of hydrogen-bond donors (Lipinski definition) is 0. The van der Waals surface area contributed by atoms with Crippen molar-refractivity contribution in [3.05, 3.63) is 82.1 Å². The molecule has 0 N–H and O–H groups in total. The lowest BCUT2D eigenvalue weighted by atomic mass is 10.0. The molecule has 1 unspecified atom stereocenters. The summed E-state index contributed by atoms with van der Waals surface area (Å²) in [6.07, 6.45) is 3.84. The van der Waals surface area contributed by atoms with Crippen LogP contribution in [0.4, 0.5) is 5.69 Å². The summed E-state index contributed by atoms with van der Waals surface area (Å²) in [6.45, 7) is 8.23. The number of hydrogen-bond acceptors (Lipinski definition) is 5. The van der Waals surface area contributed by atoms with Gasteiger partial charge in [-0.2, -0.15) is 0 Å². The molecule has 0 aliphatic carbocycles. The van der Waals surface area contributed by atoms with Crippen molar-refractivity contribution in [3.8, 4) is 0 Å². The van der Waals surface area contributed by atoms with Gasteiger partial charge in [0.1, 0.15) is 0 Å². The second-order valence-electron chi connectivity index (χ2n) is 7.62. The molecule has 0 bridgehead atoms. The highest BCUT2D eigenvalue weighted by Gasteiger charge is 2.31. The van der Waals surface area contributed by atoms with E-state index in [0.717, 1.165) is 60.9 Å². The molecule has 1 aliphatic heterocycles. The molecule has 6 nitrogen and oxygen atoms in total. The van der Waals surface area contributed by atoms with E-state index in [4.69, 9.17) is 11.6 Å². The minimum atomic E-state index is -0.0178. The average molecular weight is 502 g/mol. The summed E-state index contributed by atoms with van der Waals surface area (Å²) >= 11 is 9.96. The monoisotopic (exact) mass is 500 g/mol. The Balaban J connectivity index is 1.59. The zero-order valence-corrected chi connectivity index (χ0v) is 19.7. The van der Waals surface area contributed by atoms with E-state index < -0.39 is 0 Å². The van der Waals surface area contributed by atoms with Gasteiger partial charge in [-0.3, -0.25) is 4.90 Å². The van der Waals surface area contributed by atoms with Gasteiger partial charge in [-0.05, 0) is 53.1 Å². The molecule has 0 radical (unpaired) electrons. The molecule has 1 atom stereocenters. The lowest BCUT2D eigenvalue weighted by molar-refractivity contribution is 0.200. The van der Waals surface area contributed by atoms with Crippen LogP contribution in [0.3, 0.4) is 0 Å². The Morgan fingerprint density at radius 3 is 2.65 bits per heavy atom. The molecule has 31 heavy (non-hydrogen) atoms. The predicted octanol–water partition coefficient (Wildman–Crippen LogP) is 4.97. The first-order chi connectivity index (χ1) is 15.2. The van der Waals surface area contributed by atoms with E-state index in [1.165, 1.54) is 11.3 Å². The summed E-state index contributed by atoms with van der Waals surface area (Å²) < 4.78 is 3.01. The van der Waals surface area contributed by atoms with Crippen molar-refractivity contribution in [3.63, 3.8) is 0 Å². The number of anilines is 1. The molecule has 1 aliphatic rings. The molecule has 3 aromatic rings. The molecule has 8 heteroatoms. The summed E-state index contributed by atoms with van der Waals surface area (Å²) in [5.74, 6) is 0.882. The number of aryl methyl sites for hydroxylation is 1. The highest BCUT2D eigenvalue weighted by atomic mass is 79.9. The minimum absolute atomic E-state index is 0.0178. The van der Waals surface area contributed by atoms with Crippen LogP contribution < -0.4 is 4.90 Å². The Bertz CT molecular complexity index is 1010. The van der Waals surface area contributed by atoms with Crippen molar-refractivity contribution in [2.75, 3.05) is 31.1 Å². The van der Waals surface area contributed by atoms with E-state index in [1.54, 1.807) is 0 Å². The van der Waals surface area contributed by atoms with E-state index in [0.29, 0.717) is 0 Å². The van der Waals surface area contributed by atoms with E-state index in [1.807, 2.05) is 35.0 Å². The van der Waals surface area contributed by atoms with Crippen molar-refractivity contribution in [2.24, 2.45) is 0 Å². The highest BCUT2D eigenvalue weighted by Crippen LogP contribution is 2.33. The second-order valence-corrected chi connectivity index (χ2v) is 8.91. The fourth-order valence-corrected chi connectivity index (χ4v) is 4.75. The molecule has 4 rings (SSSR count). The van der Waals surface area contributed by atoms with Crippen LogP contribution in [-0.4, -0.2) is 51.3 Å².